The summed E-state index contributed by atoms with van der Waals surface area (Å²) in [5.74, 6) is 0.156. The van der Waals surface area contributed by atoms with E-state index >= 15 is 0 Å². The predicted octanol–water partition coefficient (Wildman–Crippen LogP) is 2.80. The van der Waals surface area contributed by atoms with Crippen LogP contribution < -0.4 is 0 Å². The van der Waals surface area contributed by atoms with E-state index in [9.17, 15) is 4.79 Å². The van der Waals surface area contributed by atoms with Crippen molar-refractivity contribution in [2.45, 2.75) is 16.9 Å². The summed E-state index contributed by atoms with van der Waals surface area (Å²) in [6, 6.07) is 7.15. The molecule has 2 heterocycles. The van der Waals surface area contributed by atoms with Gasteiger partial charge < -0.3 is 9.15 Å². The van der Waals surface area contributed by atoms with Crippen LogP contribution >= 0.6 is 23.4 Å². The molecule has 3 rings (SSSR count). The van der Waals surface area contributed by atoms with Crippen LogP contribution in [0.2, 0.25) is 5.02 Å². The largest absolute Gasteiger partial charge is 0.465 e. The van der Waals surface area contributed by atoms with Crippen molar-refractivity contribution in [2.75, 3.05) is 6.61 Å². The zero-order chi connectivity index (χ0) is 13.2. The number of carbonyl (C=O) groups is 1. The normalized spacial score (nSPS) is 18.6. The zero-order valence-corrected chi connectivity index (χ0v) is 11.3. The number of benzene rings is 1. The molecular formula is C12H9ClN2O3S. The average molecular weight is 297 g/mol. The van der Waals surface area contributed by atoms with Crippen LogP contribution in [0.3, 0.4) is 0 Å². The van der Waals surface area contributed by atoms with Crippen LogP contribution in [0.25, 0.3) is 11.5 Å². The van der Waals surface area contributed by atoms with E-state index in [0.717, 1.165) is 5.56 Å². The molecule has 0 N–H and O–H groups in total. The summed E-state index contributed by atoms with van der Waals surface area (Å²) < 4.78 is 10.4. The smallest absolute Gasteiger partial charge is 0.319 e. The second-order valence-corrected chi connectivity index (χ2v) is 5.54. The molecule has 1 saturated heterocycles. The van der Waals surface area contributed by atoms with E-state index in [2.05, 4.69) is 10.2 Å². The van der Waals surface area contributed by atoms with Gasteiger partial charge in [-0.15, -0.1) is 10.2 Å². The van der Waals surface area contributed by atoms with E-state index in [1.165, 1.54) is 11.8 Å². The number of nitrogens with zero attached hydrogens (tertiary/aromatic N) is 2. The molecule has 98 valence electrons. The Kier molecular flexibility index (Phi) is 3.44. The first-order valence-corrected chi connectivity index (χ1v) is 6.91. The first kappa shape index (κ1) is 12.5. The fourth-order valence-corrected chi connectivity index (χ4v) is 2.73. The third-order valence-corrected chi connectivity index (χ3v) is 3.92. The Morgan fingerprint density at radius 2 is 2.26 bits per heavy atom. The second kappa shape index (κ2) is 5.22. The fourth-order valence-electron chi connectivity index (χ4n) is 1.70. The molecule has 1 aliphatic heterocycles. The van der Waals surface area contributed by atoms with Gasteiger partial charge in [-0.1, -0.05) is 17.7 Å². The molecule has 1 fully saturated rings. The van der Waals surface area contributed by atoms with E-state index in [1.807, 2.05) is 12.1 Å². The SMILES string of the molecule is O=C1OCCC1Sc1nnc(-c2cccc(Cl)c2)o1. The molecule has 1 atom stereocenters. The Hall–Kier alpha value is -1.53. The van der Waals surface area contributed by atoms with Crippen molar-refractivity contribution < 1.29 is 13.9 Å². The number of carbonyl (C=O) groups excluding carboxylic acids is 1. The molecule has 0 amide bonds. The van der Waals surface area contributed by atoms with Gasteiger partial charge in [0.15, 0.2) is 0 Å². The molecule has 0 spiro atoms. The summed E-state index contributed by atoms with van der Waals surface area (Å²) in [6.07, 6.45) is 0.665. The molecule has 0 radical (unpaired) electrons. The lowest BCUT2D eigenvalue weighted by Gasteiger charge is -1.99. The molecular weight excluding hydrogens is 288 g/mol. The molecule has 19 heavy (non-hydrogen) atoms. The third-order valence-electron chi connectivity index (χ3n) is 2.61. The highest BCUT2D eigenvalue weighted by Gasteiger charge is 2.29. The van der Waals surface area contributed by atoms with Gasteiger partial charge in [0.25, 0.3) is 5.22 Å². The van der Waals surface area contributed by atoms with Crippen LogP contribution in [0.15, 0.2) is 33.9 Å². The number of cyclic esters (lactones) is 1. The van der Waals surface area contributed by atoms with Crippen molar-refractivity contribution in [2.24, 2.45) is 0 Å². The van der Waals surface area contributed by atoms with Crippen molar-refractivity contribution in [3.8, 4) is 11.5 Å². The molecule has 1 aromatic carbocycles. The van der Waals surface area contributed by atoms with Crippen LogP contribution in [0.5, 0.6) is 0 Å². The van der Waals surface area contributed by atoms with Gasteiger partial charge in [0.1, 0.15) is 5.25 Å². The molecule has 1 aliphatic rings. The minimum atomic E-state index is -0.257. The van der Waals surface area contributed by atoms with Gasteiger partial charge in [-0.05, 0) is 30.0 Å². The lowest BCUT2D eigenvalue weighted by atomic mass is 10.2. The minimum absolute atomic E-state index is 0.229. The van der Waals surface area contributed by atoms with E-state index < -0.39 is 0 Å². The van der Waals surface area contributed by atoms with Gasteiger partial charge in [0.2, 0.25) is 5.89 Å². The molecule has 0 saturated carbocycles. The van der Waals surface area contributed by atoms with E-state index in [1.54, 1.807) is 12.1 Å². The Bertz CT molecular complexity index is 617. The summed E-state index contributed by atoms with van der Waals surface area (Å²) >= 11 is 7.13. The number of rotatable bonds is 3. The summed E-state index contributed by atoms with van der Waals surface area (Å²) in [4.78, 5) is 11.3. The topological polar surface area (TPSA) is 65.2 Å². The zero-order valence-electron chi connectivity index (χ0n) is 9.71. The molecule has 5 nitrogen and oxygen atoms in total. The highest BCUT2D eigenvalue weighted by Crippen LogP contribution is 2.30. The monoisotopic (exact) mass is 296 g/mol. The lowest BCUT2D eigenvalue weighted by molar-refractivity contribution is -0.137. The molecule has 7 heteroatoms. The molecule has 0 bridgehead atoms. The maximum Gasteiger partial charge on any atom is 0.319 e. The van der Waals surface area contributed by atoms with Crippen molar-refractivity contribution in [3.05, 3.63) is 29.3 Å². The first-order chi connectivity index (χ1) is 9.22. The minimum Gasteiger partial charge on any atom is -0.465 e. The fraction of sp³-hybridized carbons (Fsp3) is 0.250. The number of thioether (sulfide) groups is 1. The number of halogens is 1. The quantitative estimate of drug-likeness (QED) is 0.812. The van der Waals surface area contributed by atoms with Gasteiger partial charge in [0.05, 0.1) is 6.61 Å². The molecule has 1 aromatic heterocycles. The second-order valence-electron chi connectivity index (χ2n) is 3.95. The molecule has 0 aliphatic carbocycles. The van der Waals surface area contributed by atoms with Crippen molar-refractivity contribution in [1.29, 1.82) is 0 Å². The van der Waals surface area contributed by atoms with Crippen molar-refractivity contribution >= 4 is 29.3 Å². The summed E-state index contributed by atoms with van der Waals surface area (Å²) in [5.41, 5.74) is 0.751. The van der Waals surface area contributed by atoms with Crippen LogP contribution in [0.4, 0.5) is 0 Å². The van der Waals surface area contributed by atoms with Gasteiger partial charge in [-0.25, -0.2) is 0 Å². The van der Waals surface area contributed by atoms with Crippen LogP contribution in [0, 0.1) is 0 Å². The van der Waals surface area contributed by atoms with E-state index in [0.29, 0.717) is 29.2 Å². The van der Waals surface area contributed by atoms with Gasteiger partial charge >= 0.3 is 5.97 Å². The molecule has 1 unspecified atom stereocenters. The average Bonchev–Trinajstić information content (AvgIpc) is 3.00. The van der Waals surface area contributed by atoms with E-state index in [-0.39, 0.29) is 11.2 Å². The Morgan fingerprint density at radius 1 is 1.37 bits per heavy atom. The summed E-state index contributed by atoms with van der Waals surface area (Å²) in [5, 5.41) is 8.57. The van der Waals surface area contributed by atoms with Gasteiger partial charge in [-0.3, -0.25) is 4.79 Å². The maximum atomic E-state index is 11.3. The Balaban J connectivity index is 1.78. The predicted molar refractivity (Wildman–Crippen MR) is 70.0 cm³/mol. The molecule has 2 aromatic rings. The standard InChI is InChI=1S/C12H9ClN2O3S/c13-8-3-1-2-7(6-8)10-14-15-12(18-10)19-9-4-5-17-11(9)16/h1-3,6,9H,4-5H2. The Labute approximate surface area is 118 Å². The Morgan fingerprint density at radius 3 is 3.00 bits per heavy atom. The van der Waals surface area contributed by atoms with E-state index in [4.69, 9.17) is 20.8 Å². The van der Waals surface area contributed by atoms with Gasteiger partial charge in [-0.2, -0.15) is 0 Å². The lowest BCUT2D eigenvalue weighted by Crippen LogP contribution is -2.09. The maximum absolute atomic E-state index is 11.3. The number of hydrogen-bond donors (Lipinski definition) is 0. The first-order valence-electron chi connectivity index (χ1n) is 5.65. The van der Waals surface area contributed by atoms with Gasteiger partial charge in [0, 0.05) is 17.0 Å². The highest BCUT2D eigenvalue weighted by molar-refractivity contribution is 8.00. The highest BCUT2D eigenvalue weighted by atomic mass is 35.5. The van der Waals surface area contributed by atoms with Crippen LogP contribution in [-0.4, -0.2) is 28.0 Å². The number of aromatic nitrogens is 2. The third kappa shape index (κ3) is 2.74. The van der Waals surface area contributed by atoms with Crippen LogP contribution in [-0.2, 0) is 9.53 Å². The number of hydrogen-bond acceptors (Lipinski definition) is 6. The number of ether oxygens (including phenoxy) is 1. The summed E-state index contributed by atoms with van der Waals surface area (Å²) in [6.45, 7) is 0.450. The van der Waals surface area contributed by atoms with Crippen LogP contribution in [0.1, 0.15) is 6.42 Å². The van der Waals surface area contributed by atoms with Crippen molar-refractivity contribution in [3.63, 3.8) is 0 Å². The van der Waals surface area contributed by atoms with Crippen molar-refractivity contribution in [1.82, 2.24) is 10.2 Å². The number of esters is 1. The summed E-state index contributed by atoms with van der Waals surface area (Å²) in [7, 11) is 0.